The lowest BCUT2D eigenvalue weighted by atomic mass is 9.82. The van der Waals surface area contributed by atoms with Crippen molar-refractivity contribution in [1.29, 1.82) is 0 Å². The summed E-state index contributed by atoms with van der Waals surface area (Å²) >= 11 is 0. The molecule has 8 nitrogen and oxygen atoms in total. The lowest BCUT2D eigenvalue weighted by Gasteiger charge is -2.33. The van der Waals surface area contributed by atoms with Gasteiger partial charge in [0.2, 0.25) is 5.91 Å². The summed E-state index contributed by atoms with van der Waals surface area (Å²) in [7, 11) is 0. The van der Waals surface area contributed by atoms with E-state index in [0.29, 0.717) is 0 Å². The average molecular weight is 481 g/mol. The summed E-state index contributed by atoms with van der Waals surface area (Å²) in [6, 6.07) is 16.1. The number of carboxylic acids is 1. The molecule has 186 valence electrons. The predicted octanol–water partition coefficient (Wildman–Crippen LogP) is 3.38. The van der Waals surface area contributed by atoms with Gasteiger partial charge in [-0.05, 0) is 41.0 Å². The Hall–Kier alpha value is -3.39. The molecule has 0 aromatic heterocycles. The number of nitrogens with one attached hydrogen (secondary N) is 1. The van der Waals surface area contributed by atoms with Crippen LogP contribution in [0, 0.1) is 5.92 Å². The highest BCUT2D eigenvalue weighted by Crippen LogP contribution is 2.44. The molecular formula is C27H32N2O6. The van der Waals surface area contributed by atoms with Crippen LogP contribution in [0.1, 0.15) is 49.1 Å². The first kappa shape index (κ1) is 24.7. The van der Waals surface area contributed by atoms with Gasteiger partial charge >= 0.3 is 12.1 Å². The lowest BCUT2D eigenvalue weighted by Crippen LogP contribution is -2.45. The normalized spacial score (nSPS) is 18.9. The number of aliphatic hydroxyl groups is 1. The van der Waals surface area contributed by atoms with Crippen LogP contribution in [0.25, 0.3) is 11.1 Å². The van der Waals surface area contributed by atoms with Crippen molar-refractivity contribution in [2.45, 2.75) is 44.1 Å². The third kappa shape index (κ3) is 5.82. The van der Waals surface area contributed by atoms with Crippen LogP contribution in [-0.4, -0.2) is 65.4 Å². The molecule has 3 N–H and O–H groups in total. The van der Waals surface area contributed by atoms with Crippen LogP contribution in [-0.2, 0) is 14.3 Å². The lowest BCUT2D eigenvalue weighted by molar-refractivity contribution is -0.145. The molecule has 2 atom stereocenters. The predicted molar refractivity (Wildman–Crippen MR) is 130 cm³/mol. The summed E-state index contributed by atoms with van der Waals surface area (Å²) < 4.78 is 5.68. The van der Waals surface area contributed by atoms with Crippen molar-refractivity contribution in [3.8, 4) is 11.1 Å². The largest absolute Gasteiger partial charge is 0.480 e. The molecule has 8 heteroatoms. The molecule has 4 rings (SSSR count). The zero-order valence-corrected chi connectivity index (χ0v) is 19.7. The summed E-state index contributed by atoms with van der Waals surface area (Å²) in [5.41, 5.74) is 4.61. The van der Waals surface area contributed by atoms with Gasteiger partial charge < -0.3 is 25.2 Å². The molecule has 1 fully saturated rings. The van der Waals surface area contributed by atoms with Crippen molar-refractivity contribution in [3.05, 3.63) is 59.7 Å². The molecule has 2 aromatic carbocycles. The number of carboxylic acid groups (broad SMARTS) is 1. The minimum absolute atomic E-state index is 0.0255. The summed E-state index contributed by atoms with van der Waals surface area (Å²) in [5.74, 6) is -1.58. The Morgan fingerprint density at radius 1 is 0.971 bits per heavy atom. The third-order valence-corrected chi connectivity index (χ3v) is 7.04. The molecule has 2 amide bonds. The Morgan fingerprint density at radius 2 is 1.60 bits per heavy atom. The number of rotatable bonds is 9. The maximum Gasteiger partial charge on any atom is 0.407 e. The van der Waals surface area contributed by atoms with Crippen molar-refractivity contribution in [2.75, 3.05) is 26.3 Å². The Bertz CT molecular complexity index is 1030. The van der Waals surface area contributed by atoms with Crippen LogP contribution in [0.4, 0.5) is 4.79 Å². The number of carbonyl (C=O) groups is 3. The van der Waals surface area contributed by atoms with Gasteiger partial charge in [0, 0.05) is 24.9 Å². The molecule has 0 spiro atoms. The van der Waals surface area contributed by atoms with E-state index in [4.69, 9.17) is 9.84 Å². The van der Waals surface area contributed by atoms with E-state index in [2.05, 4.69) is 29.6 Å². The maximum absolute atomic E-state index is 12.8. The molecule has 2 aliphatic carbocycles. The van der Waals surface area contributed by atoms with E-state index >= 15 is 0 Å². The summed E-state index contributed by atoms with van der Waals surface area (Å²) in [6.45, 7) is -0.552. The number of nitrogens with zero attached hydrogens (tertiary/aromatic N) is 1. The third-order valence-electron chi connectivity index (χ3n) is 7.04. The van der Waals surface area contributed by atoms with E-state index in [1.54, 1.807) is 0 Å². The highest BCUT2D eigenvalue weighted by Gasteiger charge is 2.32. The molecule has 2 aliphatic rings. The minimum atomic E-state index is -1.12. The zero-order valence-electron chi connectivity index (χ0n) is 19.7. The molecule has 2 aromatic rings. The molecule has 0 bridgehead atoms. The molecule has 0 aliphatic heterocycles. The van der Waals surface area contributed by atoms with Crippen LogP contribution >= 0.6 is 0 Å². The Labute approximate surface area is 204 Å². The first-order chi connectivity index (χ1) is 17.0. The highest BCUT2D eigenvalue weighted by molar-refractivity contribution is 5.82. The standard InChI is InChI=1S/C27H32N2O6/c30-14-13-29(16-26(32)33)25(31)15-18-7-1-6-12-24(18)28-27(34)35-17-23-21-10-4-2-8-19(21)20-9-3-5-11-22(20)23/h2-5,8-11,18,23-24,30H,1,6-7,12-17H2,(H,28,34)(H,32,33). The fourth-order valence-electron chi connectivity index (χ4n) is 5.36. The summed E-state index contributed by atoms with van der Waals surface area (Å²) in [5, 5.41) is 21.2. The number of ether oxygens (including phenoxy) is 1. The Balaban J connectivity index is 1.36. The molecule has 1 saturated carbocycles. The van der Waals surface area contributed by atoms with Gasteiger partial charge in [0.05, 0.1) is 6.61 Å². The average Bonchev–Trinajstić information content (AvgIpc) is 3.17. The number of fused-ring (bicyclic) bond motifs is 3. The Morgan fingerprint density at radius 3 is 2.23 bits per heavy atom. The van der Waals surface area contributed by atoms with Gasteiger partial charge in [-0.3, -0.25) is 9.59 Å². The monoisotopic (exact) mass is 480 g/mol. The molecule has 35 heavy (non-hydrogen) atoms. The van der Waals surface area contributed by atoms with Crippen molar-refractivity contribution in [3.63, 3.8) is 0 Å². The highest BCUT2D eigenvalue weighted by atomic mass is 16.5. The van der Waals surface area contributed by atoms with Gasteiger partial charge in [-0.15, -0.1) is 0 Å². The van der Waals surface area contributed by atoms with E-state index in [1.165, 1.54) is 0 Å². The number of benzene rings is 2. The second-order valence-electron chi connectivity index (χ2n) is 9.26. The topological polar surface area (TPSA) is 116 Å². The zero-order chi connectivity index (χ0) is 24.8. The van der Waals surface area contributed by atoms with Gasteiger partial charge in [-0.1, -0.05) is 61.4 Å². The first-order valence-corrected chi connectivity index (χ1v) is 12.2. The first-order valence-electron chi connectivity index (χ1n) is 12.2. The second kappa shape index (κ2) is 11.4. The van der Waals surface area contributed by atoms with E-state index in [0.717, 1.165) is 52.8 Å². The molecule has 0 saturated heterocycles. The number of aliphatic hydroxyl groups excluding tert-OH is 1. The minimum Gasteiger partial charge on any atom is -0.480 e. The summed E-state index contributed by atoms with van der Waals surface area (Å²) in [4.78, 5) is 37.7. The molecule has 2 unspecified atom stereocenters. The van der Waals surface area contributed by atoms with Crippen molar-refractivity contribution >= 4 is 18.0 Å². The van der Waals surface area contributed by atoms with Crippen LogP contribution in [0.3, 0.4) is 0 Å². The van der Waals surface area contributed by atoms with Gasteiger partial charge in [-0.25, -0.2) is 4.79 Å². The SMILES string of the molecule is O=C(O)CN(CCO)C(=O)CC1CCCCC1NC(=O)OCC1c2ccccc2-c2ccccc21. The number of hydrogen-bond acceptors (Lipinski definition) is 5. The second-order valence-corrected chi connectivity index (χ2v) is 9.26. The van der Waals surface area contributed by atoms with Gasteiger partial charge in [0.1, 0.15) is 13.2 Å². The van der Waals surface area contributed by atoms with Crippen molar-refractivity contribution < 1.29 is 29.3 Å². The van der Waals surface area contributed by atoms with Crippen LogP contribution in [0.5, 0.6) is 0 Å². The molecule has 0 radical (unpaired) electrons. The quantitative estimate of drug-likeness (QED) is 0.507. The fraction of sp³-hybridized carbons (Fsp3) is 0.444. The molecule has 0 heterocycles. The van der Waals surface area contributed by atoms with Crippen LogP contribution < -0.4 is 5.32 Å². The number of carbonyl (C=O) groups excluding carboxylic acids is 2. The summed E-state index contributed by atoms with van der Waals surface area (Å²) in [6.07, 6.45) is 3.01. The van der Waals surface area contributed by atoms with E-state index < -0.39 is 18.6 Å². The van der Waals surface area contributed by atoms with E-state index in [9.17, 15) is 19.5 Å². The van der Waals surface area contributed by atoms with Crippen LogP contribution in [0.2, 0.25) is 0 Å². The number of amides is 2. The number of alkyl carbamates (subject to hydrolysis) is 1. The van der Waals surface area contributed by atoms with E-state index in [1.807, 2.05) is 24.3 Å². The molecular weight excluding hydrogens is 448 g/mol. The van der Waals surface area contributed by atoms with Gasteiger partial charge in [0.15, 0.2) is 0 Å². The smallest absolute Gasteiger partial charge is 0.407 e. The van der Waals surface area contributed by atoms with Gasteiger partial charge in [0.25, 0.3) is 0 Å². The Kier molecular flexibility index (Phi) is 8.02. The van der Waals surface area contributed by atoms with Crippen LogP contribution in [0.15, 0.2) is 48.5 Å². The van der Waals surface area contributed by atoms with Crippen molar-refractivity contribution in [1.82, 2.24) is 10.2 Å². The number of hydrogen-bond donors (Lipinski definition) is 3. The number of aliphatic carboxylic acids is 1. The van der Waals surface area contributed by atoms with E-state index in [-0.39, 0.29) is 50.0 Å². The maximum atomic E-state index is 12.8. The van der Waals surface area contributed by atoms with Gasteiger partial charge in [-0.2, -0.15) is 0 Å². The fourth-order valence-corrected chi connectivity index (χ4v) is 5.36. The van der Waals surface area contributed by atoms with Crippen molar-refractivity contribution in [2.24, 2.45) is 5.92 Å².